The zero-order valence-corrected chi connectivity index (χ0v) is 19.4. The standard InChI is InChI=1S/C27H28N2OS/c1-18(2)23-14-12-21(13-15-23)16-24(30)29(17-22-8-6-5-7-9-22)27-28-25-19(3)10-11-20(4)26(25)31-27/h5-15,18H,16-17H2,1-4H3. The minimum atomic E-state index is 0.0653. The van der Waals surface area contributed by atoms with Crippen molar-refractivity contribution in [3.8, 4) is 0 Å². The minimum absolute atomic E-state index is 0.0653. The number of benzene rings is 3. The maximum atomic E-state index is 13.5. The maximum absolute atomic E-state index is 13.5. The molecule has 0 saturated carbocycles. The molecule has 0 bridgehead atoms. The molecule has 4 aromatic rings. The molecule has 0 fully saturated rings. The fraction of sp³-hybridized carbons (Fsp3) is 0.259. The molecule has 0 aliphatic rings. The van der Waals surface area contributed by atoms with E-state index in [-0.39, 0.29) is 5.91 Å². The lowest BCUT2D eigenvalue weighted by Crippen LogP contribution is -2.31. The van der Waals surface area contributed by atoms with Crippen LogP contribution in [0.5, 0.6) is 0 Å². The van der Waals surface area contributed by atoms with Crippen molar-refractivity contribution in [1.29, 1.82) is 0 Å². The summed E-state index contributed by atoms with van der Waals surface area (Å²) < 4.78 is 1.15. The monoisotopic (exact) mass is 428 g/mol. The third-order valence-corrected chi connectivity index (χ3v) is 6.86. The van der Waals surface area contributed by atoms with Crippen LogP contribution in [0.4, 0.5) is 5.13 Å². The molecule has 1 aromatic heterocycles. The van der Waals surface area contributed by atoms with E-state index < -0.39 is 0 Å². The van der Waals surface area contributed by atoms with Gasteiger partial charge in [-0.05, 0) is 47.6 Å². The van der Waals surface area contributed by atoms with Gasteiger partial charge in [-0.25, -0.2) is 4.98 Å². The first-order chi connectivity index (χ1) is 14.9. The Bertz CT molecular complexity index is 1150. The lowest BCUT2D eigenvalue weighted by Gasteiger charge is -2.20. The Morgan fingerprint density at radius 3 is 2.23 bits per heavy atom. The number of rotatable bonds is 6. The van der Waals surface area contributed by atoms with Gasteiger partial charge in [0.25, 0.3) is 0 Å². The number of fused-ring (bicyclic) bond motifs is 1. The molecule has 0 aliphatic carbocycles. The van der Waals surface area contributed by atoms with Crippen molar-refractivity contribution in [2.75, 3.05) is 4.90 Å². The van der Waals surface area contributed by atoms with Crippen molar-refractivity contribution in [1.82, 2.24) is 4.98 Å². The van der Waals surface area contributed by atoms with Crippen molar-refractivity contribution in [3.63, 3.8) is 0 Å². The highest BCUT2D eigenvalue weighted by molar-refractivity contribution is 7.22. The SMILES string of the molecule is Cc1ccc(C)c2sc(N(Cc3ccccc3)C(=O)Cc3ccc(C(C)C)cc3)nc12. The highest BCUT2D eigenvalue weighted by Crippen LogP contribution is 2.34. The quantitative estimate of drug-likeness (QED) is 0.338. The molecule has 4 heteroatoms. The van der Waals surface area contributed by atoms with Crippen LogP contribution >= 0.6 is 11.3 Å². The van der Waals surface area contributed by atoms with Crippen molar-refractivity contribution in [2.24, 2.45) is 0 Å². The Balaban J connectivity index is 1.68. The summed E-state index contributed by atoms with van der Waals surface area (Å²) in [5, 5.41) is 0.764. The van der Waals surface area contributed by atoms with Gasteiger partial charge in [-0.3, -0.25) is 9.69 Å². The highest BCUT2D eigenvalue weighted by Gasteiger charge is 2.21. The first kappa shape index (κ1) is 21.3. The number of hydrogen-bond acceptors (Lipinski definition) is 3. The molecule has 158 valence electrons. The molecule has 0 N–H and O–H groups in total. The number of aromatic nitrogens is 1. The number of hydrogen-bond donors (Lipinski definition) is 0. The highest BCUT2D eigenvalue weighted by atomic mass is 32.1. The molecule has 3 aromatic carbocycles. The van der Waals surface area contributed by atoms with Gasteiger partial charge < -0.3 is 0 Å². The van der Waals surface area contributed by atoms with Gasteiger partial charge in [0, 0.05) is 0 Å². The zero-order valence-electron chi connectivity index (χ0n) is 18.6. The summed E-state index contributed by atoms with van der Waals surface area (Å²) in [5.41, 5.74) is 6.74. The predicted molar refractivity (Wildman–Crippen MR) is 131 cm³/mol. The lowest BCUT2D eigenvalue weighted by molar-refractivity contribution is -0.118. The number of carbonyl (C=O) groups is 1. The predicted octanol–water partition coefficient (Wildman–Crippen LogP) is 6.81. The van der Waals surface area contributed by atoms with Crippen molar-refractivity contribution < 1.29 is 4.79 Å². The van der Waals surface area contributed by atoms with E-state index in [4.69, 9.17) is 4.98 Å². The summed E-state index contributed by atoms with van der Waals surface area (Å²) in [6.07, 6.45) is 0.360. The van der Waals surface area contributed by atoms with Gasteiger partial charge in [0.2, 0.25) is 5.91 Å². The summed E-state index contributed by atoms with van der Waals surface area (Å²) in [5.74, 6) is 0.545. The van der Waals surface area contributed by atoms with Crippen LogP contribution in [-0.4, -0.2) is 10.9 Å². The maximum Gasteiger partial charge on any atom is 0.233 e. The molecule has 31 heavy (non-hydrogen) atoms. The molecule has 3 nitrogen and oxygen atoms in total. The number of carbonyl (C=O) groups excluding carboxylic acids is 1. The molecule has 0 atom stereocenters. The molecule has 0 spiro atoms. The van der Waals surface area contributed by atoms with Crippen molar-refractivity contribution >= 4 is 32.6 Å². The van der Waals surface area contributed by atoms with Crippen LogP contribution in [0.15, 0.2) is 66.7 Å². The second kappa shape index (κ2) is 9.03. The Kier molecular flexibility index (Phi) is 6.19. The molecular weight excluding hydrogens is 400 g/mol. The minimum Gasteiger partial charge on any atom is -0.283 e. The van der Waals surface area contributed by atoms with Gasteiger partial charge in [-0.2, -0.15) is 0 Å². The molecular formula is C27H28N2OS. The van der Waals surface area contributed by atoms with Crippen LogP contribution in [0, 0.1) is 13.8 Å². The van der Waals surface area contributed by atoms with E-state index in [0.29, 0.717) is 18.9 Å². The second-order valence-electron chi connectivity index (χ2n) is 8.41. The van der Waals surface area contributed by atoms with Crippen LogP contribution in [0.25, 0.3) is 10.2 Å². The van der Waals surface area contributed by atoms with Crippen LogP contribution in [0.3, 0.4) is 0 Å². The van der Waals surface area contributed by atoms with Gasteiger partial charge in [0.1, 0.15) is 0 Å². The molecule has 0 unspecified atom stereocenters. The van der Waals surface area contributed by atoms with E-state index in [9.17, 15) is 4.79 Å². The average molecular weight is 429 g/mol. The first-order valence-electron chi connectivity index (χ1n) is 10.7. The first-order valence-corrected chi connectivity index (χ1v) is 11.5. The lowest BCUT2D eigenvalue weighted by atomic mass is 10.0. The van der Waals surface area contributed by atoms with Gasteiger partial charge in [-0.15, -0.1) is 0 Å². The van der Waals surface area contributed by atoms with Crippen LogP contribution in [0.2, 0.25) is 0 Å². The third-order valence-electron chi connectivity index (χ3n) is 5.65. The summed E-state index contributed by atoms with van der Waals surface area (Å²) >= 11 is 1.60. The molecule has 1 heterocycles. The molecule has 1 amide bonds. The normalized spacial score (nSPS) is 11.3. The number of nitrogens with zero attached hydrogens (tertiary/aromatic N) is 2. The number of amides is 1. The fourth-order valence-electron chi connectivity index (χ4n) is 3.68. The summed E-state index contributed by atoms with van der Waals surface area (Å²) in [6, 6.07) is 22.7. The molecule has 4 rings (SSSR count). The van der Waals surface area contributed by atoms with Gasteiger partial charge in [-0.1, -0.05) is 91.9 Å². The van der Waals surface area contributed by atoms with Crippen molar-refractivity contribution in [3.05, 3.63) is 94.5 Å². The van der Waals surface area contributed by atoms with Crippen molar-refractivity contribution in [2.45, 2.75) is 46.6 Å². The largest absolute Gasteiger partial charge is 0.283 e. The van der Waals surface area contributed by atoms with Crippen LogP contribution < -0.4 is 4.90 Å². The Morgan fingerprint density at radius 1 is 0.903 bits per heavy atom. The van der Waals surface area contributed by atoms with E-state index in [1.54, 1.807) is 11.3 Å². The number of aryl methyl sites for hydroxylation is 2. The molecule has 0 saturated heterocycles. The molecule has 0 radical (unpaired) electrons. The smallest absolute Gasteiger partial charge is 0.233 e. The number of anilines is 1. The average Bonchev–Trinajstić information content (AvgIpc) is 3.22. The zero-order chi connectivity index (χ0) is 22.0. The van der Waals surface area contributed by atoms with E-state index in [0.717, 1.165) is 32.0 Å². The molecule has 0 aliphatic heterocycles. The van der Waals surface area contributed by atoms with Crippen LogP contribution in [0.1, 0.15) is 47.6 Å². The second-order valence-corrected chi connectivity index (χ2v) is 9.39. The van der Waals surface area contributed by atoms with E-state index in [1.165, 1.54) is 11.1 Å². The van der Waals surface area contributed by atoms with E-state index >= 15 is 0 Å². The van der Waals surface area contributed by atoms with E-state index in [1.807, 2.05) is 23.1 Å². The summed E-state index contributed by atoms with van der Waals surface area (Å²) in [4.78, 5) is 20.2. The van der Waals surface area contributed by atoms with Gasteiger partial charge >= 0.3 is 0 Å². The van der Waals surface area contributed by atoms with Gasteiger partial charge in [0.15, 0.2) is 5.13 Å². The summed E-state index contributed by atoms with van der Waals surface area (Å²) in [6.45, 7) is 9.05. The Hall–Kier alpha value is -2.98. The Labute approximate surface area is 188 Å². The van der Waals surface area contributed by atoms with Crippen LogP contribution in [-0.2, 0) is 17.8 Å². The summed E-state index contributed by atoms with van der Waals surface area (Å²) in [7, 11) is 0. The Morgan fingerprint density at radius 2 is 1.58 bits per heavy atom. The number of thiazole rings is 1. The van der Waals surface area contributed by atoms with Gasteiger partial charge in [0.05, 0.1) is 23.2 Å². The van der Waals surface area contributed by atoms with E-state index in [2.05, 4.69) is 76.2 Å². The third kappa shape index (κ3) is 4.70. The fourth-order valence-corrected chi connectivity index (χ4v) is 4.81. The topological polar surface area (TPSA) is 33.2 Å².